The second-order valence-corrected chi connectivity index (χ2v) is 5.93. The van der Waals surface area contributed by atoms with Gasteiger partial charge in [0.1, 0.15) is 11.5 Å². The molecule has 1 aliphatic rings. The van der Waals surface area contributed by atoms with Crippen molar-refractivity contribution in [3.63, 3.8) is 0 Å². The fourth-order valence-corrected chi connectivity index (χ4v) is 2.72. The largest absolute Gasteiger partial charge is 0.396 e. The molecule has 0 aromatic heterocycles. The molecule has 0 spiro atoms. The van der Waals surface area contributed by atoms with Crippen LogP contribution in [0.3, 0.4) is 0 Å². The maximum atomic E-state index is 13.5. The Morgan fingerprint density at radius 1 is 1.26 bits per heavy atom. The summed E-state index contributed by atoms with van der Waals surface area (Å²) in [6.45, 7) is 1.63. The molecule has 1 saturated carbocycles. The number of hydrogen-bond donors (Lipinski definition) is 3. The van der Waals surface area contributed by atoms with E-state index in [9.17, 15) is 27.9 Å². The van der Waals surface area contributed by atoms with Crippen molar-refractivity contribution in [3.8, 4) is 0 Å². The predicted octanol–water partition coefficient (Wildman–Crippen LogP) is 1.71. The highest BCUT2D eigenvalue weighted by Gasteiger charge is 2.39. The van der Waals surface area contributed by atoms with Crippen LogP contribution in [-0.4, -0.2) is 29.6 Å². The van der Waals surface area contributed by atoms with Crippen LogP contribution in [0.5, 0.6) is 0 Å². The lowest BCUT2D eigenvalue weighted by molar-refractivity contribution is -0.137. The Labute approximate surface area is 130 Å². The van der Waals surface area contributed by atoms with Gasteiger partial charge in [-0.3, -0.25) is 9.59 Å². The summed E-state index contributed by atoms with van der Waals surface area (Å²) < 4.78 is 39.7. The van der Waals surface area contributed by atoms with E-state index in [1.54, 1.807) is 12.2 Å². The molecule has 23 heavy (non-hydrogen) atoms. The minimum Gasteiger partial charge on any atom is -0.396 e. The van der Waals surface area contributed by atoms with E-state index >= 15 is 0 Å². The highest BCUT2D eigenvalue weighted by molar-refractivity contribution is 6.39. The van der Waals surface area contributed by atoms with Crippen LogP contribution in [0, 0.1) is 22.9 Å². The Hall–Kier alpha value is -2.09. The van der Waals surface area contributed by atoms with E-state index in [-0.39, 0.29) is 6.61 Å². The number of carbonyl (C=O) groups excluding carboxylic acids is 2. The van der Waals surface area contributed by atoms with Crippen LogP contribution in [0.2, 0.25) is 0 Å². The van der Waals surface area contributed by atoms with Crippen LogP contribution < -0.4 is 10.6 Å². The van der Waals surface area contributed by atoms with E-state index < -0.39 is 46.4 Å². The number of aliphatic hydroxyl groups is 1. The van der Waals surface area contributed by atoms with Crippen molar-refractivity contribution in [1.82, 2.24) is 5.32 Å². The van der Waals surface area contributed by atoms with Crippen molar-refractivity contribution in [2.75, 3.05) is 11.9 Å². The molecule has 126 valence electrons. The van der Waals surface area contributed by atoms with Gasteiger partial charge in [-0.05, 0) is 12.8 Å². The van der Waals surface area contributed by atoms with E-state index in [2.05, 4.69) is 5.32 Å². The van der Waals surface area contributed by atoms with E-state index in [1.165, 1.54) is 0 Å². The second-order valence-electron chi connectivity index (χ2n) is 5.93. The van der Waals surface area contributed by atoms with Gasteiger partial charge in [-0.25, -0.2) is 13.2 Å². The van der Waals surface area contributed by atoms with Crippen molar-refractivity contribution in [2.24, 2.45) is 5.41 Å². The molecule has 0 saturated heterocycles. The third kappa shape index (κ3) is 3.64. The highest BCUT2D eigenvalue weighted by Crippen LogP contribution is 2.37. The van der Waals surface area contributed by atoms with Crippen LogP contribution in [0.4, 0.5) is 18.9 Å². The third-order valence-corrected chi connectivity index (χ3v) is 4.20. The number of halogens is 3. The first-order chi connectivity index (χ1) is 10.8. The molecule has 2 amide bonds. The van der Waals surface area contributed by atoms with Gasteiger partial charge in [0.2, 0.25) is 0 Å². The number of rotatable bonds is 3. The van der Waals surface area contributed by atoms with Gasteiger partial charge in [0.25, 0.3) is 0 Å². The van der Waals surface area contributed by atoms with Gasteiger partial charge in [-0.2, -0.15) is 0 Å². The topological polar surface area (TPSA) is 78.4 Å². The monoisotopic (exact) mass is 330 g/mol. The zero-order valence-corrected chi connectivity index (χ0v) is 12.5. The maximum absolute atomic E-state index is 13.5. The minimum absolute atomic E-state index is 0.152. The molecular formula is C15H17F3N2O3. The molecule has 1 aliphatic carbocycles. The number of aliphatic hydroxyl groups excluding tert-OH is 1. The molecular weight excluding hydrogens is 313 g/mol. The zero-order chi connectivity index (χ0) is 17.2. The van der Waals surface area contributed by atoms with E-state index in [0.717, 1.165) is 6.42 Å². The van der Waals surface area contributed by atoms with E-state index in [0.29, 0.717) is 25.0 Å². The van der Waals surface area contributed by atoms with Gasteiger partial charge >= 0.3 is 11.8 Å². The summed E-state index contributed by atoms with van der Waals surface area (Å²) in [5.74, 6) is -6.09. The molecule has 2 rings (SSSR count). The van der Waals surface area contributed by atoms with Gasteiger partial charge in [-0.15, -0.1) is 0 Å². The van der Waals surface area contributed by atoms with Crippen molar-refractivity contribution in [3.05, 3.63) is 29.6 Å². The van der Waals surface area contributed by atoms with Gasteiger partial charge in [-0.1, -0.05) is 13.3 Å². The van der Waals surface area contributed by atoms with Crippen molar-refractivity contribution in [1.29, 1.82) is 0 Å². The summed E-state index contributed by atoms with van der Waals surface area (Å²) in [5.41, 5.74) is -1.43. The SMILES string of the molecule is CC1(CO)CCCC1NC(=O)C(=O)Nc1c(F)cc(F)cc1F. The van der Waals surface area contributed by atoms with Crippen molar-refractivity contribution >= 4 is 17.5 Å². The molecule has 2 unspecified atom stereocenters. The predicted molar refractivity (Wildman–Crippen MR) is 75.9 cm³/mol. The molecule has 1 aromatic rings. The average molecular weight is 330 g/mol. The number of nitrogens with one attached hydrogen (secondary N) is 2. The Kier molecular flexibility index (Phi) is 4.93. The summed E-state index contributed by atoms with van der Waals surface area (Å²) in [6.07, 6.45) is 2.07. The fourth-order valence-electron chi connectivity index (χ4n) is 2.72. The molecule has 1 fully saturated rings. The Balaban J connectivity index is 2.05. The molecule has 2 atom stereocenters. The lowest BCUT2D eigenvalue weighted by atomic mass is 9.86. The van der Waals surface area contributed by atoms with Crippen LogP contribution in [0.25, 0.3) is 0 Å². The molecule has 8 heteroatoms. The first kappa shape index (κ1) is 17.3. The van der Waals surface area contributed by atoms with Crippen LogP contribution in [0.15, 0.2) is 12.1 Å². The first-order valence-electron chi connectivity index (χ1n) is 7.14. The molecule has 5 nitrogen and oxygen atoms in total. The first-order valence-corrected chi connectivity index (χ1v) is 7.14. The summed E-state index contributed by atoms with van der Waals surface area (Å²) >= 11 is 0. The van der Waals surface area contributed by atoms with Gasteiger partial charge < -0.3 is 15.7 Å². The van der Waals surface area contributed by atoms with Crippen LogP contribution in [0.1, 0.15) is 26.2 Å². The normalized spacial score (nSPS) is 23.6. The standard InChI is InChI=1S/C15H17F3N2O3/c1-15(7-21)4-2-3-11(15)19-13(22)14(23)20-12-9(17)5-8(16)6-10(12)18/h5-6,11,21H,2-4,7H2,1H3,(H,19,22)(H,20,23). The van der Waals surface area contributed by atoms with Crippen molar-refractivity contribution < 1.29 is 27.9 Å². The lowest BCUT2D eigenvalue weighted by Gasteiger charge is -2.29. The number of hydrogen-bond acceptors (Lipinski definition) is 3. The van der Waals surface area contributed by atoms with Gasteiger partial charge in [0.05, 0.1) is 6.61 Å². The van der Waals surface area contributed by atoms with Gasteiger partial charge in [0.15, 0.2) is 11.6 Å². The van der Waals surface area contributed by atoms with Gasteiger partial charge in [0, 0.05) is 23.6 Å². The minimum atomic E-state index is -1.32. The number of carbonyl (C=O) groups is 2. The molecule has 0 aliphatic heterocycles. The van der Waals surface area contributed by atoms with Crippen LogP contribution in [-0.2, 0) is 9.59 Å². The lowest BCUT2D eigenvalue weighted by Crippen LogP contribution is -2.48. The van der Waals surface area contributed by atoms with E-state index in [4.69, 9.17) is 0 Å². The Morgan fingerprint density at radius 3 is 2.43 bits per heavy atom. The molecule has 0 bridgehead atoms. The number of anilines is 1. The average Bonchev–Trinajstić information content (AvgIpc) is 2.84. The zero-order valence-electron chi connectivity index (χ0n) is 12.5. The van der Waals surface area contributed by atoms with E-state index in [1.807, 2.05) is 0 Å². The molecule has 0 radical (unpaired) electrons. The van der Waals surface area contributed by atoms with Crippen LogP contribution >= 0.6 is 0 Å². The third-order valence-electron chi connectivity index (χ3n) is 4.20. The quantitative estimate of drug-likeness (QED) is 0.738. The molecule has 0 heterocycles. The smallest absolute Gasteiger partial charge is 0.313 e. The fraction of sp³-hybridized carbons (Fsp3) is 0.467. The second kappa shape index (κ2) is 6.57. The Bertz CT molecular complexity index is 615. The van der Waals surface area contributed by atoms with Crippen molar-refractivity contribution in [2.45, 2.75) is 32.2 Å². The summed E-state index contributed by atoms with van der Waals surface area (Å²) in [5, 5.41) is 13.7. The maximum Gasteiger partial charge on any atom is 0.313 e. The summed E-state index contributed by atoms with van der Waals surface area (Å²) in [6, 6.07) is 0.390. The number of benzene rings is 1. The Morgan fingerprint density at radius 2 is 1.87 bits per heavy atom. The highest BCUT2D eigenvalue weighted by atomic mass is 19.1. The molecule has 1 aromatic carbocycles. The summed E-state index contributed by atoms with van der Waals surface area (Å²) in [7, 11) is 0. The number of amides is 2. The summed E-state index contributed by atoms with van der Waals surface area (Å²) in [4.78, 5) is 23.6. The molecule has 3 N–H and O–H groups in total.